The molecule has 2 aliphatic heterocycles. The number of nitrogens with zero attached hydrogens (tertiary/aromatic N) is 2. The second-order valence-corrected chi connectivity index (χ2v) is 10.3. The van der Waals surface area contributed by atoms with Gasteiger partial charge in [-0.05, 0) is 65.6 Å². The molecule has 0 unspecified atom stereocenters. The Labute approximate surface area is 192 Å². The van der Waals surface area contributed by atoms with Gasteiger partial charge in [0.25, 0.3) is 0 Å². The molecule has 0 saturated carbocycles. The lowest BCUT2D eigenvalue weighted by atomic mass is 9.82. The summed E-state index contributed by atoms with van der Waals surface area (Å²) in [5, 5.41) is 22.4. The topological polar surface area (TPSA) is 93.4 Å². The summed E-state index contributed by atoms with van der Waals surface area (Å²) < 4.78 is 42.3. The second kappa shape index (κ2) is 8.27. The van der Waals surface area contributed by atoms with Gasteiger partial charge in [0.05, 0.1) is 35.2 Å². The average molecular weight is 464 g/mol. The summed E-state index contributed by atoms with van der Waals surface area (Å²) in [4.78, 5) is -0.0768. The van der Waals surface area contributed by atoms with E-state index in [1.807, 2.05) is 30.3 Å². The fourth-order valence-electron chi connectivity index (χ4n) is 4.97. The molecule has 1 fully saturated rings. The lowest BCUT2D eigenvalue weighted by Gasteiger charge is -2.39. The maximum absolute atomic E-state index is 13.8. The molecule has 0 radical (unpaired) electrons. The van der Waals surface area contributed by atoms with Crippen molar-refractivity contribution in [3.05, 3.63) is 83.7 Å². The van der Waals surface area contributed by atoms with Gasteiger partial charge in [0.15, 0.2) is 0 Å². The molecule has 168 valence electrons. The molecule has 5 rings (SSSR count). The molecule has 6 nitrogen and oxygen atoms in total. The number of aliphatic hydroxyl groups is 1. The van der Waals surface area contributed by atoms with Crippen molar-refractivity contribution in [3.8, 4) is 17.2 Å². The molecule has 3 aromatic carbocycles. The molecular formula is C25H22FN3O3S. The Kier molecular flexibility index (Phi) is 5.41. The number of nitrogens with one attached hydrogen (secondary N) is 1. The number of halogens is 1. The van der Waals surface area contributed by atoms with Gasteiger partial charge >= 0.3 is 0 Å². The number of fused-ring (bicyclic) bond motifs is 3. The molecule has 2 N–H and O–H groups in total. The van der Waals surface area contributed by atoms with E-state index in [-0.39, 0.29) is 30.0 Å². The minimum Gasteiger partial charge on any atom is -0.394 e. The molecule has 0 spiro atoms. The Bertz CT molecular complexity index is 1350. The van der Waals surface area contributed by atoms with Crippen LogP contribution in [0, 0.1) is 23.1 Å². The Hall–Kier alpha value is -3.25. The first-order valence-corrected chi connectivity index (χ1v) is 12.2. The van der Waals surface area contributed by atoms with Crippen molar-refractivity contribution in [1.82, 2.24) is 4.31 Å². The van der Waals surface area contributed by atoms with Crippen LogP contribution in [-0.2, 0) is 10.0 Å². The van der Waals surface area contributed by atoms with Crippen molar-refractivity contribution in [3.63, 3.8) is 0 Å². The van der Waals surface area contributed by atoms with Crippen molar-refractivity contribution in [1.29, 1.82) is 5.26 Å². The van der Waals surface area contributed by atoms with Gasteiger partial charge in [0.2, 0.25) is 10.0 Å². The van der Waals surface area contributed by atoms with Gasteiger partial charge in [0.1, 0.15) is 5.82 Å². The predicted molar refractivity (Wildman–Crippen MR) is 122 cm³/mol. The Morgan fingerprint density at radius 2 is 1.85 bits per heavy atom. The largest absolute Gasteiger partial charge is 0.394 e. The maximum atomic E-state index is 13.8. The van der Waals surface area contributed by atoms with Crippen LogP contribution in [0.5, 0.6) is 0 Å². The minimum atomic E-state index is -3.94. The van der Waals surface area contributed by atoms with Crippen LogP contribution >= 0.6 is 0 Å². The fraction of sp³-hybridized carbons (Fsp3) is 0.240. The van der Waals surface area contributed by atoms with E-state index in [1.165, 1.54) is 22.5 Å². The molecule has 33 heavy (non-hydrogen) atoms. The van der Waals surface area contributed by atoms with E-state index in [0.717, 1.165) is 28.4 Å². The quantitative estimate of drug-likeness (QED) is 0.612. The molecule has 0 bridgehead atoms. The summed E-state index contributed by atoms with van der Waals surface area (Å²) in [5.74, 6) is -0.726. The smallest absolute Gasteiger partial charge is 0.243 e. The van der Waals surface area contributed by atoms with Crippen LogP contribution < -0.4 is 5.32 Å². The first-order valence-electron chi connectivity index (χ1n) is 10.7. The normalized spacial score (nSPS) is 22.2. The Balaban J connectivity index is 1.60. The van der Waals surface area contributed by atoms with Crippen LogP contribution in [0.2, 0.25) is 0 Å². The Morgan fingerprint density at radius 1 is 1.09 bits per heavy atom. The van der Waals surface area contributed by atoms with Gasteiger partial charge < -0.3 is 10.4 Å². The summed E-state index contributed by atoms with van der Waals surface area (Å²) in [6.07, 6.45) is 0.581. The molecule has 0 amide bonds. The van der Waals surface area contributed by atoms with Crippen LogP contribution in [0.1, 0.15) is 23.6 Å². The molecule has 2 aliphatic rings. The van der Waals surface area contributed by atoms with Gasteiger partial charge in [-0.25, -0.2) is 12.8 Å². The zero-order valence-corrected chi connectivity index (χ0v) is 18.5. The summed E-state index contributed by atoms with van der Waals surface area (Å²) in [6.45, 7) is 0.165. The van der Waals surface area contributed by atoms with E-state index in [0.29, 0.717) is 12.0 Å². The lowest BCUT2D eigenvalue weighted by molar-refractivity contribution is 0.210. The monoisotopic (exact) mass is 463 g/mol. The second-order valence-electron chi connectivity index (χ2n) is 8.40. The van der Waals surface area contributed by atoms with E-state index in [1.54, 1.807) is 12.1 Å². The highest BCUT2D eigenvalue weighted by atomic mass is 32.2. The number of aliphatic hydroxyl groups excluding tert-OH is 1. The van der Waals surface area contributed by atoms with Crippen LogP contribution in [0.15, 0.2) is 71.6 Å². The molecule has 2 heterocycles. The molecule has 1 saturated heterocycles. The molecule has 8 heteroatoms. The highest BCUT2D eigenvalue weighted by Crippen LogP contribution is 2.49. The van der Waals surface area contributed by atoms with Crippen LogP contribution in [0.25, 0.3) is 11.1 Å². The zero-order valence-electron chi connectivity index (χ0n) is 17.6. The molecule has 3 aromatic rings. The first-order chi connectivity index (χ1) is 15.9. The summed E-state index contributed by atoms with van der Waals surface area (Å²) in [6, 6.07) is 19.4. The Morgan fingerprint density at radius 3 is 2.55 bits per heavy atom. The predicted octanol–water partition coefficient (Wildman–Crippen LogP) is 3.90. The van der Waals surface area contributed by atoms with Gasteiger partial charge in [0, 0.05) is 18.2 Å². The van der Waals surface area contributed by atoms with Crippen molar-refractivity contribution in [2.75, 3.05) is 18.5 Å². The molecule has 3 atom stereocenters. The molecular weight excluding hydrogens is 441 g/mol. The van der Waals surface area contributed by atoms with E-state index in [9.17, 15) is 17.9 Å². The van der Waals surface area contributed by atoms with Gasteiger partial charge in [-0.2, -0.15) is 9.57 Å². The number of sulfonamides is 1. The number of anilines is 1. The lowest BCUT2D eigenvalue weighted by Crippen LogP contribution is -2.42. The van der Waals surface area contributed by atoms with Crippen LogP contribution in [-0.4, -0.2) is 37.0 Å². The molecule has 0 aromatic heterocycles. The fourth-order valence-corrected chi connectivity index (χ4v) is 6.67. The van der Waals surface area contributed by atoms with Crippen molar-refractivity contribution < 1.29 is 17.9 Å². The van der Waals surface area contributed by atoms with E-state index < -0.39 is 21.9 Å². The standard InChI is InChI=1S/C25H22FN3O3S/c26-19-2-1-3-20(13-19)33(31,32)29-11-10-21-24(15-30)28-23-9-8-18(12-22(23)25(21)29)17-6-4-16(14-27)5-7-17/h1-9,12-13,21,24-25,28,30H,10-11,15H2/t21-,24-,25-/m0/s1. The first kappa shape index (κ1) is 21.6. The van der Waals surface area contributed by atoms with Crippen LogP contribution in [0.3, 0.4) is 0 Å². The minimum absolute atomic E-state index is 0.0768. The maximum Gasteiger partial charge on any atom is 0.243 e. The van der Waals surface area contributed by atoms with Crippen molar-refractivity contribution >= 4 is 15.7 Å². The SMILES string of the molecule is N#Cc1ccc(-c2ccc3c(c2)[C@@H]2[C@@H](CCN2S(=O)(=O)c2cccc(F)c2)[C@H](CO)N3)cc1. The van der Waals surface area contributed by atoms with Gasteiger partial charge in [-0.3, -0.25) is 0 Å². The third-order valence-electron chi connectivity index (χ3n) is 6.57. The summed E-state index contributed by atoms with van der Waals surface area (Å²) in [5.41, 5.74) is 3.97. The third-order valence-corrected chi connectivity index (χ3v) is 8.45. The highest BCUT2D eigenvalue weighted by Gasteiger charge is 2.48. The number of hydrogen-bond donors (Lipinski definition) is 2. The van der Waals surface area contributed by atoms with Crippen LogP contribution in [0.4, 0.5) is 10.1 Å². The highest BCUT2D eigenvalue weighted by molar-refractivity contribution is 7.89. The van der Waals surface area contributed by atoms with E-state index >= 15 is 0 Å². The number of hydrogen-bond acceptors (Lipinski definition) is 5. The summed E-state index contributed by atoms with van der Waals surface area (Å²) in [7, 11) is -3.94. The van der Waals surface area contributed by atoms with E-state index in [2.05, 4.69) is 11.4 Å². The number of nitriles is 1. The van der Waals surface area contributed by atoms with Gasteiger partial charge in [-0.1, -0.05) is 24.3 Å². The summed E-state index contributed by atoms with van der Waals surface area (Å²) >= 11 is 0. The van der Waals surface area contributed by atoms with Crippen molar-refractivity contribution in [2.45, 2.75) is 23.4 Å². The number of benzene rings is 3. The zero-order chi connectivity index (χ0) is 23.2. The van der Waals surface area contributed by atoms with Crippen molar-refractivity contribution in [2.24, 2.45) is 5.92 Å². The average Bonchev–Trinajstić information content (AvgIpc) is 3.30. The van der Waals surface area contributed by atoms with Gasteiger partial charge in [-0.15, -0.1) is 0 Å². The number of rotatable bonds is 4. The van der Waals surface area contributed by atoms with E-state index in [4.69, 9.17) is 5.26 Å². The molecule has 0 aliphatic carbocycles. The third kappa shape index (κ3) is 3.68.